The lowest BCUT2D eigenvalue weighted by molar-refractivity contribution is 0.0648. The molecule has 1 aromatic carbocycles. The Balaban J connectivity index is 1.59. The maximum absolute atomic E-state index is 13.7. The zero-order valence-corrected chi connectivity index (χ0v) is 20.5. The first kappa shape index (κ1) is 23.5. The Kier molecular flexibility index (Phi) is 6.68. The van der Waals surface area contributed by atoms with Gasteiger partial charge in [-0.1, -0.05) is 13.0 Å². The number of rotatable bonds is 6. The number of hydrogen-bond acceptors (Lipinski definition) is 7. The molecule has 1 atom stereocenters. The molecule has 4 rings (SSSR count). The number of carbonyl (C=O) groups is 1. The molecule has 0 spiro atoms. The SMILES string of the molecule is COc1cccc(Nc2ncccc2C(=O)N2CCC[C@](C)(c3cc(N(C)C)nc(C)n3)C2)c1. The van der Waals surface area contributed by atoms with Crippen LogP contribution < -0.4 is 15.0 Å². The lowest BCUT2D eigenvalue weighted by Crippen LogP contribution is -2.47. The van der Waals surface area contributed by atoms with Gasteiger partial charge in [-0.15, -0.1) is 0 Å². The molecule has 0 bridgehead atoms. The maximum atomic E-state index is 13.7. The fourth-order valence-electron chi connectivity index (χ4n) is 4.40. The van der Waals surface area contributed by atoms with E-state index in [0.29, 0.717) is 24.5 Å². The molecule has 1 fully saturated rings. The van der Waals surface area contributed by atoms with E-state index in [9.17, 15) is 4.79 Å². The first-order chi connectivity index (χ1) is 16.3. The predicted molar refractivity (Wildman–Crippen MR) is 134 cm³/mol. The third-order valence-corrected chi connectivity index (χ3v) is 6.26. The summed E-state index contributed by atoms with van der Waals surface area (Å²) in [6.45, 7) is 5.39. The summed E-state index contributed by atoms with van der Waals surface area (Å²) in [6.07, 6.45) is 3.55. The number of piperidine rings is 1. The molecule has 0 saturated carbocycles. The standard InChI is InChI=1S/C26H32N6O2/c1-18-28-22(16-23(29-18)31(3)4)26(2)12-8-14-32(17-26)25(33)21-11-7-13-27-24(21)30-19-9-6-10-20(15-19)34-5/h6-7,9-11,13,15-16H,8,12,14,17H2,1-5H3,(H,27,30)/t26-/m0/s1. The smallest absolute Gasteiger partial charge is 0.257 e. The van der Waals surface area contributed by atoms with Crippen LogP contribution in [0.3, 0.4) is 0 Å². The van der Waals surface area contributed by atoms with Crippen molar-refractivity contribution in [2.45, 2.75) is 32.1 Å². The van der Waals surface area contributed by atoms with Crippen LogP contribution in [-0.2, 0) is 5.41 Å². The Morgan fingerprint density at radius 2 is 2.00 bits per heavy atom. The van der Waals surface area contributed by atoms with Gasteiger partial charge in [-0.2, -0.15) is 0 Å². The number of carbonyl (C=O) groups excluding carboxylic acids is 1. The first-order valence-corrected chi connectivity index (χ1v) is 11.5. The monoisotopic (exact) mass is 460 g/mol. The van der Waals surface area contributed by atoms with E-state index in [2.05, 4.69) is 22.2 Å². The van der Waals surface area contributed by atoms with E-state index in [4.69, 9.17) is 9.72 Å². The van der Waals surface area contributed by atoms with Crippen molar-refractivity contribution < 1.29 is 9.53 Å². The highest BCUT2D eigenvalue weighted by molar-refractivity contribution is 5.99. The number of hydrogen-bond donors (Lipinski definition) is 1. The Bertz CT molecular complexity index is 1180. The zero-order chi connectivity index (χ0) is 24.3. The number of aryl methyl sites for hydroxylation is 1. The number of methoxy groups -OCH3 is 1. The van der Waals surface area contributed by atoms with Gasteiger partial charge < -0.3 is 19.9 Å². The van der Waals surface area contributed by atoms with Crippen molar-refractivity contribution in [1.82, 2.24) is 19.9 Å². The molecule has 178 valence electrons. The number of nitrogens with one attached hydrogen (secondary N) is 1. The molecule has 1 aliphatic heterocycles. The average Bonchev–Trinajstić information content (AvgIpc) is 2.83. The second kappa shape index (κ2) is 9.67. The van der Waals surface area contributed by atoms with E-state index in [1.165, 1.54) is 0 Å². The molecule has 1 aliphatic rings. The topological polar surface area (TPSA) is 83.5 Å². The Morgan fingerprint density at radius 1 is 1.18 bits per heavy atom. The number of anilines is 3. The molecular weight excluding hydrogens is 428 g/mol. The number of aromatic nitrogens is 3. The van der Waals surface area contributed by atoms with Crippen molar-refractivity contribution in [1.29, 1.82) is 0 Å². The van der Waals surface area contributed by atoms with Gasteiger partial charge in [0.15, 0.2) is 0 Å². The number of nitrogens with zero attached hydrogens (tertiary/aromatic N) is 5. The van der Waals surface area contributed by atoms with Crippen LogP contribution in [0.2, 0.25) is 0 Å². The summed E-state index contributed by atoms with van der Waals surface area (Å²) in [5, 5.41) is 3.28. The molecule has 0 unspecified atom stereocenters. The van der Waals surface area contributed by atoms with Gasteiger partial charge >= 0.3 is 0 Å². The number of likely N-dealkylation sites (tertiary alicyclic amines) is 1. The normalized spacial score (nSPS) is 17.9. The minimum atomic E-state index is -0.255. The molecule has 8 nitrogen and oxygen atoms in total. The van der Waals surface area contributed by atoms with E-state index in [1.807, 2.05) is 67.2 Å². The second-order valence-corrected chi connectivity index (χ2v) is 9.20. The molecule has 3 aromatic rings. The van der Waals surface area contributed by atoms with Crippen molar-refractivity contribution in [2.75, 3.05) is 44.5 Å². The van der Waals surface area contributed by atoms with Crippen LogP contribution in [0.1, 0.15) is 41.6 Å². The third kappa shape index (κ3) is 4.95. The van der Waals surface area contributed by atoms with Crippen molar-refractivity contribution in [3.8, 4) is 5.75 Å². The fraction of sp³-hybridized carbons (Fsp3) is 0.385. The van der Waals surface area contributed by atoms with Gasteiger partial charge in [-0.3, -0.25) is 4.79 Å². The number of pyridine rings is 1. The summed E-state index contributed by atoms with van der Waals surface area (Å²) >= 11 is 0. The minimum absolute atomic E-state index is 0.0389. The fourth-order valence-corrected chi connectivity index (χ4v) is 4.40. The molecule has 8 heteroatoms. The average molecular weight is 461 g/mol. The van der Waals surface area contributed by atoms with Gasteiger partial charge in [0.2, 0.25) is 0 Å². The van der Waals surface area contributed by atoms with Gasteiger partial charge in [-0.25, -0.2) is 15.0 Å². The quantitative estimate of drug-likeness (QED) is 0.590. The van der Waals surface area contributed by atoms with Gasteiger partial charge in [0, 0.05) is 56.6 Å². The molecule has 2 aromatic heterocycles. The summed E-state index contributed by atoms with van der Waals surface area (Å²) in [5.41, 5.74) is 2.07. The largest absolute Gasteiger partial charge is 0.497 e. The molecule has 3 heterocycles. The highest BCUT2D eigenvalue weighted by Gasteiger charge is 2.37. The van der Waals surface area contributed by atoms with E-state index >= 15 is 0 Å². The minimum Gasteiger partial charge on any atom is -0.497 e. The Hall–Kier alpha value is -3.68. The molecule has 34 heavy (non-hydrogen) atoms. The predicted octanol–water partition coefficient (Wildman–Crippen LogP) is 4.19. The van der Waals surface area contributed by atoms with Crippen LogP contribution in [0, 0.1) is 6.92 Å². The molecule has 1 N–H and O–H groups in total. The van der Waals surface area contributed by atoms with Gasteiger partial charge in [0.25, 0.3) is 5.91 Å². The van der Waals surface area contributed by atoms with Crippen LogP contribution in [0.4, 0.5) is 17.3 Å². The zero-order valence-electron chi connectivity index (χ0n) is 20.5. The molecule has 1 saturated heterocycles. The van der Waals surface area contributed by atoms with Crippen LogP contribution in [-0.4, -0.2) is 60.1 Å². The highest BCUT2D eigenvalue weighted by Crippen LogP contribution is 2.35. The van der Waals surface area contributed by atoms with Crippen LogP contribution in [0.15, 0.2) is 48.7 Å². The Labute approximate surface area is 201 Å². The van der Waals surface area contributed by atoms with Crippen molar-refractivity contribution in [3.63, 3.8) is 0 Å². The van der Waals surface area contributed by atoms with Crippen LogP contribution in [0.25, 0.3) is 0 Å². The molecule has 0 radical (unpaired) electrons. The van der Waals surface area contributed by atoms with Crippen molar-refractivity contribution in [3.05, 3.63) is 65.7 Å². The molecule has 1 amide bonds. The second-order valence-electron chi connectivity index (χ2n) is 9.20. The van der Waals surface area contributed by atoms with Gasteiger partial charge in [0.1, 0.15) is 23.2 Å². The van der Waals surface area contributed by atoms with E-state index in [-0.39, 0.29) is 11.3 Å². The summed E-state index contributed by atoms with van der Waals surface area (Å²) in [6, 6.07) is 13.2. The van der Waals surface area contributed by atoms with E-state index < -0.39 is 0 Å². The molecular formula is C26H32N6O2. The van der Waals surface area contributed by atoms with Crippen LogP contribution >= 0.6 is 0 Å². The summed E-state index contributed by atoms with van der Waals surface area (Å²) in [7, 11) is 5.58. The van der Waals surface area contributed by atoms with Crippen molar-refractivity contribution in [2.24, 2.45) is 0 Å². The first-order valence-electron chi connectivity index (χ1n) is 11.5. The summed E-state index contributed by atoms with van der Waals surface area (Å²) in [5.74, 6) is 2.84. The lowest BCUT2D eigenvalue weighted by Gasteiger charge is -2.40. The van der Waals surface area contributed by atoms with Gasteiger partial charge in [-0.05, 0) is 44.0 Å². The third-order valence-electron chi connectivity index (χ3n) is 6.26. The summed E-state index contributed by atoms with van der Waals surface area (Å²) in [4.78, 5) is 31.3. The van der Waals surface area contributed by atoms with Crippen molar-refractivity contribution >= 4 is 23.2 Å². The van der Waals surface area contributed by atoms with E-state index in [1.54, 1.807) is 19.4 Å². The number of benzene rings is 1. The molecule has 0 aliphatic carbocycles. The Morgan fingerprint density at radius 3 is 2.76 bits per heavy atom. The van der Waals surface area contributed by atoms with Gasteiger partial charge in [0.05, 0.1) is 18.4 Å². The van der Waals surface area contributed by atoms with Crippen LogP contribution in [0.5, 0.6) is 5.75 Å². The number of ether oxygens (including phenoxy) is 1. The highest BCUT2D eigenvalue weighted by atomic mass is 16.5. The summed E-state index contributed by atoms with van der Waals surface area (Å²) < 4.78 is 5.31. The lowest BCUT2D eigenvalue weighted by atomic mass is 9.78. The maximum Gasteiger partial charge on any atom is 0.257 e. The number of amides is 1. The van der Waals surface area contributed by atoms with E-state index in [0.717, 1.165) is 41.6 Å².